The van der Waals surface area contributed by atoms with Crippen LogP contribution in [0.25, 0.3) is 11.5 Å². The zero-order valence-corrected chi connectivity index (χ0v) is 14.7. The minimum absolute atomic E-state index is 0.289. The van der Waals surface area contributed by atoms with Gasteiger partial charge in [-0.05, 0) is 37.0 Å². The van der Waals surface area contributed by atoms with Crippen LogP contribution in [0.2, 0.25) is 0 Å². The van der Waals surface area contributed by atoms with Crippen molar-refractivity contribution in [3.8, 4) is 11.5 Å². The van der Waals surface area contributed by atoms with E-state index >= 15 is 0 Å². The molecule has 2 heterocycles. The Morgan fingerprint density at radius 3 is 2.88 bits per heavy atom. The second-order valence-electron chi connectivity index (χ2n) is 6.37. The highest BCUT2D eigenvalue weighted by Crippen LogP contribution is 2.32. The lowest BCUT2D eigenvalue weighted by molar-refractivity contribution is 0.423. The van der Waals surface area contributed by atoms with Crippen LogP contribution < -0.4 is 0 Å². The Labute approximate surface area is 145 Å². The highest BCUT2D eigenvalue weighted by molar-refractivity contribution is 7.90. The van der Waals surface area contributed by atoms with Gasteiger partial charge in [0, 0.05) is 24.7 Å². The first-order valence-corrected chi connectivity index (χ1v) is 10.1. The van der Waals surface area contributed by atoms with E-state index < -0.39 is 9.84 Å². The van der Waals surface area contributed by atoms with E-state index in [2.05, 4.69) is 10.1 Å². The molecule has 0 saturated carbocycles. The Balaban J connectivity index is 1.59. The van der Waals surface area contributed by atoms with Crippen LogP contribution >= 0.6 is 0 Å². The molecule has 0 unspecified atom stereocenters. The molecule has 0 radical (unpaired) electrons. The van der Waals surface area contributed by atoms with Crippen LogP contribution in [0, 0.1) is 0 Å². The fourth-order valence-corrected chi connectivity index (χ4v) is 3.87. The molecule has 0 bridgehead atoms. The summed E-state index contributed by atoms with van der Waals surface area (Å²) in [5.41, 5.74) is 2.86. The highest BCUT2D eigenvalue weighted by atomic mass is 32.2. The number of aromatic nitrogens is 2. The van der Waals surface area contributed by atoms with Gasteiger partial charge in [-0.3, -0.25) is 0 Å². The maximum Gasteiger partial charge on any atom is 0.261 e. The summed E-state index contributed by atoms with van der Waals surface area (Å²) in [6, 6.07) is 6.80. The van der Waals surface area contributed by atoms with Gasteiger partial charge in [-0.1, -0.05) is 17.3 Å². The van der Waals surface area contributed by atoms with Crippen molar-refractivity contribution in [2.45, 2.75) is 37.0 Å². The molecular formula is C18H18N2O4S. The predicted octanol–water partition coefficient (Wildman–Crippen LogP) is 3.20. The van der Waals surface area contributed by atoms with Crippen molar-refractivity contribution in [2.75, 3.05) is 6.26 Å². The number of aryl methyl sites for hydroxylation is 1. The number of hydrogen-bond acceptors (Lipinski definition) is 6. The molecule has 7 heteroatoms. The first-order valence-electron chi connectivity index (χ1n) is 8.22. The van der Waals surface area contributed by atoms with Gasteiger partial charge in [0.1, 0.15) is 12.0 Å². The third-order valence-corrected chi connectivity index (χ3v) is 5.56. The third-order valence-electron chi connectivity index (χ3n) is 4.45. The van der Waals surface area contributed by atoms with Gasteiger partial charge in [0.15, 0.2) is 15.7 Å². The van der Waals surface area contributed by atoms with Crippen molar-refractivity contribution in [3.05, 3.63) is 53.2 Å². The molecule has 0 N–H and O–H groups in total. The number of fused-ring (bicyclic) bond motifs is 1. The molecule has 130 valence electrons. The van der Waals surface area contributed by atoms with E-state index in [0.717, 1.165) is 42.6 Å². The van der Waals surface area contributed by atoms with E-state index in [1.807, 2.05) is 6.07 Å². The fraction of sp³-hybridized carbons (Fsp3) is 0.333. The molecule has 0 aliphatic heterocycles. The van der Waals surface area contributed by atoms with Gasteiger partial charge in [0.2, 0.25) is 0 Å². The molecular weight excluding hydrogens is 340 g/mol. The molecule has 0 saturated heterocycles. The summed E-state index contributed by atoms with van der Waals surface area (Å²) in [5.74, 6) is 1.99. The largest absolute Gasteiger partial charge is 0.468 e. The van der Waals surface area contributed by atoms with Crippen LogP contribution in [0.15, 0.2) is 44.4 Å². The molecule has 25 heavy (non-hydrogen) atoms. The highest BCUT2D eigenvalue weighted by Gasteiger charge is 2.22. The number of sulfone groups is 1. The molecule has 4 rings (SSSR count). The standard InChI is InChI=1S/C18H18N2O4S/c1-25(21,22)13-6-4-5-12(9-13)10-17-19-18(24-20-17)15-11-23-16-8-3-2-7-14(15)16/h4-6,9,11H,2-3,7-8,10H2,1H3. The summed E-state index contributed by atoms with van der Waals surface area (Å²) in [5, 5.41) is 4.03. The summed E-state index contributed by atoms with van der Waals surface area (Å²) in [6.07, 6.45) is 7.50. The second-order valence-corrected chi connectivity index (χ2v) is 8.39. The van der Waals surface area contributed by atoms with Gasteiger partial charge in [0.25, 0.3) is 5.89 Å². The van der Waals surface area contributed by atoms with E-state index in [0.29, 0.717) is 18.1 Å². The maximum absolute atomic E-state index is 11.7. The number of furan rings is 1. The van der Waals surface area contributed by atoms with Crippen LogP contribution in [0.5, 0.6) is 0 Å². The molecule has 6 nitrogen and oxygen atoms in total. The van der Waals surface area contributed by atoms with Crippen molar-refractivity contribution in [1.82, 2.24) is 10.1 Å². The predicted molar refractivity (Wildman–Crippen MR) is 91.0 cm³/mol. The minimum Gasteiger partial charge on any atom is -0.468 e. The molecule has 2 aromatic heterocycles. The second kappa shape index (κ2) is 6.15. The van der Waals surface area contributed by atoms with E-state index in [1.54, 1.807) is 24.5 Å². The number of benzene rings is 1. The molecule has 0 amide bonds. The minimum atomic E-state index is -3.23. The molecule has 3 aromatic rings. The van der Waals surface area contributed by atoms with Crippen molar-refractivity contribution >= 4 is 9.84 Å². The fourth-order valence-electron chi connectivity index (χ4n) is 3.18. The first-order chi connectivity index (χ1) is 12.0. The molecule has 0 atom stereocenters. The number of rotatable bonds is 4. The first kappa shape index (κ1) is 16.1. The quantitative estimate of drug-likeness (QED) is 0.712. The van der Waals surface area contributed by atoms with Crippen molar-refractivity contribution < 1.29 is 17.4 Å². The van der Waals surface area contributed by atoms with Gasteiger partial charge < -0.3 is 8.94 Å². The number of nitrogens with zero attached hydrogens (tertiary/aromatic N) is 2. The Morgan fingerprint density at radius 1 is 1.20 bits per heavy atom. The SMILES string of the molecule is CS(=O)(=O)c1cccc(Cc2noc(-c3coc4c3CCCC4)n2)c1. The van der Waals surface area contributed by atoms with Gasteiger partial charge in [-0.25, -0.2) is 8.42 Å². The van der Waals surface area contributed by atoms with Crippen LogP contribution in [0.4, 0.5) is 0 Å². The smallest absolute Gasteiger partial charge is 0.261 e. The summed E-state index contributed by atoms with van der Waals surface area (Å²) in [7, 11) is -3.23. The van der Waals surface area contributed by atoms with Crippen molar-refractivity contribution in [2.24, 2.45) is 0 Å². The Kier molecular flexibility index (Phi) is 3.95. The molecule has 0 spiro atoms. The molecule has 1 aliphatic carbocycles. The third kappa shape index (κ3) is 3.24. The lowest BCUT2D eigenvalue weighted by Gasteiger charge is -2.09. The average molecular weight is 358 g/mol. The number of hydrogen-bond donors (Lipinski definition) is 0. The van der Waals surface area contributed by atoms with Gasteiger partial charge >= 0.3 is 0 Å². The van der Waals surface area contributed by atoms with Gasteiger partial charge in [0.05, 0.1) is 10.5 Å². The topological polar surface area (TPSA) is 86.2 Å². The zero-order chi connectivity index (χ0) is 17.4. The summed E-state index contributed by atoms with van der Waals surface area (Å²) in [6.45, 7) is 0. The summed E-state index contributed by atoms with van der Waals surface area (Å²) >= 11 is 0. The van der Waals surface area contributed by atoms with E-state index in [9.17, 15) is 8.42 Å². The Hall–Kier alpha value is -2.41. The van der Waals surface area contributed by atoms with Gasteiger partial charge in [-0.15, -0.1) is 0 Å². The summed E-state index contributed by atoms with van der Waals surface area (Å²) in [4.78, 5) is 4.75. The normalized spacial score (nSPS) is 14.4. The van der Waals surface area contributed by atoms with E-state index in [1.165, 1.54) is 11.8 Å². The molecule has 1 aromatic carbocycles. The van der Waals surface area contributed by atoms with Crippen LogP contribution in [0.3, 0.4) is 0 Å². The maximum atomic E-state index is 11.7. The van der Waals surface area contributed by atoms with Crippen molar-refractivity contribution in [3.63, 3.8) is 0 Å². The van der Waals surface area contributed by atoms with E-state index in [-0.39, 0.29) is 4.90 Å². The van der Waals surface area contributed by atoms with Gasteiger partial charge in [-0.2, -0.15) is 4.98 Å². The Morgan fingerprint density at radius 2 is 2.04 bits per heavy atom. The van der Waals surface area contributed by atoms with Crippen LogP contribution in [-0.4, -0.2) is 24.8 Å². The average Bonchev–Trinajstić information content (AvgIpc) is 3.21. The van der Waals surface area contributed by atoms with Crippen molar-refractivity contribution in [1.29, 1.82) is 0 Å². The molecule has 0 fully saturated rings. The van der Waals surface area contributed by atoms with E-state index in [4.69, 9.17) is 8.94 Å². The van der Waals surface area contributed by atoms with Crippen LogP contribution in [-0.2, 0) is 29.1 Å². The Bertz CT molecular complexity index is 1020. The van der Waals surface area contributed by atoms with Crippen LogP contribution in [0.1, 0.15) is 35.6 Å². The molecule has 1 aliphatic rings. The zero-order valence-electron chi connectivity index (χ0n) is 13.9. The monoisotopic (exact) mass is 358 g/mol. The lowest BCUT2D eigenvalue weighted by atomic mass is 9.95. The lowest BCUT2D eigenvalue weighted by Crippen LogP contribution is -2.00. The summed E-state index contributed by atoms with van der Waals surface area (Å²) < 4.78 is 34.4.